The number of fused-ring (bicyclic) bond motifs is 3. The van der Waals surface area contributed by atoms with E-state index in [0.29, 0.717) is 0 Å². The maximum Gasteiger partial charge on any atom is 0.0361 e. The summed E-state index contributed by atoms with van der Waals surface area (Å²) in [4.78, 5) is 0. The van der Waals surface area contributed by atoms with Gasteiger partial charge < -0.3 is 0 Å². The van der Waals surface area contributed by atoms with Crippen LogP contribution in [0.5, 0.6) is 0 Å². The summed E-state index contributed by atoms with van der Waals surface area (Å²) in [5, 5.41) is 2.69. The molecule has 0 saturated heterocycles. The van der Waals surface area contributed by atoms with Crippen LogP contribution in [-0.2, 0) is 12.8 Å². The molecule has 0 unspecified atom stereocenters. The van der Waals surface area contributed by atoms with Crippen molar-refractivity contribution in [2.45, 2.75) is 78.1 Å². The predicted molar refractivity (Wildman–Crippen MR) is 186 cm³/mol. The van der Waals surface area contributed by atoms with E-state index in [9.17, 15) is 0 Å². The van der Waals surface area contributed by atoms with Crippen LogP contribution in [0.15, 0.2) is 84.9 Å². The van der Waals surface area contributed by atoms with Crippen molar-refractivity contribution in [1.29, 1.82) is 0 Å². The maximum atomic E-state index is 2.33. The summed E-state index contributed by atoms with van der Waals surface area (Å²) < 4.78 is 2.69. The minimum atomic E-state index is 1.19. The van der Waals surface area contributed by atoms with Crippen LogP contribution in [0.3, 0.4) is 0 Å². The van der Waals surface area contributed by atoms with Gasteiger partial charge in [-0.3, -0.25) is 0 Å². The normalized spacial score (nSPS) is 12.0. The topological polar surface area (TPSA) is 0 Å². The molecule has 0 radical (unpaired) electrons. The Bertz CT molecular complexity index is 1460. The number of hydrogen-bond donors (Lipinski definition) is 0. The molecule has 0 spiro atoms. The molecule has 0 N–H and O–H groups in total. The molecule has 4 aromatic carbocycles. The van der Waals surface area contributed by atoms with Crippen LogP contribution in [-0.4, -0.2) is 0 Å². The zero-order valence-electron chi connectivity index (χ0n) is 24.9. The average Bonchev–Trinajstić information content (AvgIpc) is 3.37. The van der Waals surface area contributed by atoms with Gasteiger partial charge in [0.1, 0.15) is 0 Å². The fraction of sp³-hybridized carbons (Fsp3) is 0.300. The maximum absolute atomic E-state index is 2.33. The average molecular weight is 557 g/mol. The molecule has 5 aromatic rings. The van der Waals surface area contributed by atoms with Gasteiger partial charge in [0.2, 0.25) is 0 Å². The van der Waals surface area contributed by atoms with Crippen molar-refractivity contribution in [2.24, 2.45) is 0 Å². The van der Waals surface area contributed by atoms with Gasteiger partial charge in [-0.2, -0.15) is 0 Å². The monoisotopic (exact) mass is 556 g/mol. The van der Waals surface area contributed by atoms with Crippen LogP contribution in [0.1, 0.15) is 98.6 Å². The third kappa shape index (κ3) is 8.30. The van der Waals surface area contributed by atoms with Crippen LogP contribution < -0.4 is 0 Å². The van der Waals surface area contributed by atoms with Crippen LogP contribution >= 0.6 is 11.3 Å². The summed E-state index contributed by atoms with van der Waals surface area (Å²) in [7, 11) is 0. The largest absolute Gasteiger partial charge is 0.135 e. The molecule has 0 aliphatic heterocycles. The molecule has 0 nitrogen and oxygen atoms in total. The standard InChI is InChI=1S/C40H44S/c1-3-5-7-9-11-31-13-17-33(18-14-31)21-23-35-25-27-37-38-28-26-36(30-40(38)41-39(37)29-35)24-22-34-19-15-32(16-20-34)12-10-8-6-4-2/h13-30H,3-12H2,1-2H3. The molecule has 0 bridgehead atoms. The summed E-state index contributed by atoms with van der Waals surface area (Å²) in [6.45, 7) is 4.54. The lowest BCUT2D eigenvalue weighted by atomic mass is 10.0. The lowest BCUT2D eigenvalue weighted by Crippen LogP contribution is -1.85. The molecule has 210 valence electrons. The van der Waals surface area contributed by atoms with Gasteiger partial charge in [-0.05, 0) is 71.2 Å². The van der Waals surface area contributed by atoms with E-state index in [1.165, 1.54) is 118 Å². The molecule has 1 heterocycles. The van der Waals surface area contributed by atoms with Gasteiger partial charge in [0.15, 0.2) is 0 Å². The van der Waals surface area contributed by atoms with E-state index in [0.717, 1.165) is 0 Å². The zero-order chi connectivity index (χ0) is 28.3. The molecule has 0 amide bonds. The first kappa shape index (κ1) is 29.1. The van der Waals surface area contributed by atoms with E-state index in [2.05, 4.69) is 123 Å². The number of aryl methyl sites for hydroxylation is 2. The van der Waals surface area contributed by atoms with E-state index < -0.39 is 0 Å². The summed E-state index contributed by atoms with van der Waals surface area (Å²) in [6, 6.07) is 31.9. The Balaban J connectivity index is 1.22. The van der Waals surface area contributed by atoms with Crippen LogP contribution in [0, 0.1) is 0 Å². The molecule has 5 rings (SSSR count). The van der Waals surface area contributed by atoms with E-state index in [1.54, 1.807) is 0 Å². The van der Waals surface area contributed by atoms with Crippen molar-refractivity contribution in [3.8, 4) is 0 Å². The summed E-state index contributed by atoms with van der Waals surface area (Å²) in [6.07, 6.45) is 21.9. The Morgan fingerprint density at radius 1 is 0.439 bits per heavy atom. The lowest BCUT2D eigenvalue weighted by molar-refractivity contribution is 0.667. The van der Waals surface area contributed by atoms with Gasteiger partial charge in [-0.15, -0.1) is 11.3 Å². The van der Waals surface area contributed by atoms with Gasteiger partial charge in [0.05, 0.1) is 0 Å². The van der Waals surface area contributed by atoms with Crippen LogP contribution in [0.25, 0.3) is 44.5 Å². The van der Waals surface area contributed by atoms with Gasteiger partial charge in [0, 0.05) is 20.2 Å². The first-order chi connectivity index (χ1) is 20.2. The molecule has 1 aromatic heterocycles. The van der Waals surface area contributed by atoms with Crippen molar-refractivity contribution in [3.63, 3.8) is 0 Å². The van der Waals surface area contributed by atoms with E-state index in [-0.39, 0.29) is 0 Å². The Morgan fingerprint density at radius 3 is 1.24 bits per heavy atom. The van der Waals surface area contributed by atoms with Gasteiger partial charge in [-0.25, -0.2) is 0 Å². The molecular formula is C40H44S. The zero-order valence-corrected chi connectivity index (χ0v) is 25.7. The Hall–Kier alpha value is -3.42. The minimum Gasteiger partial charge on any atom is -0.135 e. The summed E-state index contributed by atoms with van der Waals surface area (Å²) in [5.41, 5.74) is 7.92. The Morgan fingerprint density at radius 2 is 0.829 bits per heavy atom. The molecule has 0 saturated carbocycles. The quantitative estimate of drug-likeness (QED) is 0.0942. The molecular weight excluding hydrogens is 513 g/mol. The highest BCUT2D eigenvalue weighted by Crippen LogP contribution is 2.35. The smallest absolute Gasteiger partial charge is 0.0361 e. The Labute approximate surface area is 251 Å². The van der Waals surface area contributed by atoms with E-state index in [4.69, 9.17) is 0 Å². The molecule has 0 aliphatic rings. The van der Waals surface area contributed by atoms with Gasteiger partial charge in [0.25, 0.3) is 0 Å². The highest BCUT2D eigenvalue weighted by molar-refractivity contribution is 7.25. The first-order valence-corrected chi connectivity index (χ1v) is 16.5. The van der Waals surface area contributed by atoms with Gasteiger partial charge in [-0.1, -0.05) is 149 Å². The van der Waals surface area contributed by atoms with Crippen molar-refractivity contribution in [3.05, 3.63) is 118 Å². The number of unbranched alkanes of at least 4 members (excludes halogenated alkanes) is 6. The molecule has 41 heavy (non-hydrogen) atoms. The first-order valence-electron chi connectivity index (χ1n) is 15.7. The highest BCUT2D eigenvalue weighted by atomic mass is 32.1. The SMILES string of the molecule is CCCCCCc1ccc(C=Cc2ccc3c(c2)sc2cc(C=Cc4ccc(CCCCCC)cc4)ccc23)cc1. The summed E-state index contributed by atoms with van der Waals surface area (Å²) >= 11 is 1.89. The fourth-order valence-corrected chi connectivity index (χ4v) is 6.71. The van der Waals surface area contributed by atoms with Crippen molar-refractivity contribution in [2.75, 3.05) is 0 Å². The number of rotatable bonds is 14. The molecule has 0 aliphatic carbocycles. The van der Waals surface area contributed by atoms with Crippen LogP contribution in [0.4, 0.5) is 0 Å². The van der Waals surface area contributed by atoms with Crippen molar-refractivity contribution < 1.29 is 0 Å². The van der Waals surface area contributed by atoms with E-state index in [1.807, 2.05) is 11.3 Å². The Kier molecular flexibility index (Phi) is 10.6. The van der Waals surface area contributed by atoms with Crippen molar-refractivity contribution >= 4 is 55.8 Å². The fourth-order valence-electron chi connectivity index (χ4n) is 5.51. The molecule has 1 heteroatoms. The summed E-state index contributed by atoms with van der Waals surface area (Å²) in [5.74, 6) is 0. The number of hydrogen-bond acceptors (Lipinski definition) is 1. The highest BCUT2D eigenvalue weighted by Gasteiger charge is 2.06. The minimum absolute atomic E-state index is 1.19. The predicted octanol–water partition coefficient (Wildman–Crippen LogP) is 12.6. The lowest BCUT2D eigenvalue weighted by Gasteiger charge is -2.02. The third-order valence-corrected chi connectivity index (χ3v) is 9.17. The molecule has 0 atom stereocenters. The molecule has 0 fully saturated rings. The second kappa shape index (κ2) is 15.0. The number of benzene rings is 4. The second-order valence-electron chi connectivity index (χ2n) is 11.4. The third-order valence-electron chi connectivity index (χ3n) is 8.06. The van der Waals surface area contributed by atoms with Crippen LogP contribution in [0.2, 0.25) is 0 Å². The second-order valence-corrected chi connectivity index (χ2v) is 12.5. The number of thiophene rings is 1. The van der Waals surface area contributed by atoms with E-state index >= 15 is 0 Å². The van der Waals surface area contributed by atoms with Gasteiger partial charge >= 0.3 is 0 Å². The van der Waals surface area contributed by atoms with Crippen molar-refractivity contribution in [1.82, 2.24) is 0 Å².